The second kappa shape index (κ2) is 6.26. The van der Waals surface area contributed by atoms with E-state index >= 15 is 0 Å². The molecule has 1 aromatic carbocycles. The van der Waals surface area contributed by atoms with Crippen LogP contribution < -0.4 is 0 Å². The number of hydrogen-bond donors (Lipinski definition) is 0. The van der Waals surface area contributed by atoms with E-state index in [2.05, 4.69) is 4.98 Å². The van der Waals surface area contributed by atoms with Crippen LogP contribution in [0.1, 0.15) is 43.0 Å². The number of rotatable bonds is 5. The van der Waals surface area contributed by atoms with E-state index in [-0.39, 0.29) is 11.8 Å². The number of benzene rings is 1. The lowest BCUT2D eigenvalue weighted by Gasteiger charge is -2.11. The van der Waals surface area contributed by atoms with E-state index in [0.717, 1.165) is 16.6 Å². The summed E-state index contributed by atoms with van der Waals surface area (Å²) in [5, 5.41) is -0.278. The molecule has 1 atom stereocenters. The quantitative estimate of drug-likeness (QED) is 0.535. The molecule has 1 aromatic heterocycles. The molecular weight excluding hydrogens is 301 g/mol. The molecule has 0 amide bonds. The Kier molecular flexibility index (Phi) is 4.81. The van der Waals surface area contributed by atoms with E-state index in [1.54, 1.807) is 0 Å². The summed E-state index contributed by atoms with van der Waals surface area (Å²) in [6.45, 7) is 4.29. The van der Waals surface area contributed by atoms with Crippen molar-refractivity contribution in [3.8, 4) is 0 Å². The fourth-order valence-electron chi connectivity index (χ4n) is 2.44. The van der Waals surface area contributed by atoms with Crippen molar-refractivity contribution in [1.29, 1.82) is 0 Å². The number of imidazole rings is 1. The Morgan fingerprint density at radius 3 is 2.62 bits per heavy atom. The van der Waals surface area contributed by atoms with Crippen molar-refractivity contribution in [3.05, 3.63) is 29.6 Å². The maximum Gasteiger partial charge on any atom is 0.389 e. The SMILES string of the molecule is Cc1cccc2c1nc(C(C)Cl)n2CCCCC(F)(F)F. The van der Waals surface area contributed by atoms with Crippen LogP contribution in [0.2, 0.25) is 0 Å². The maximum absolute atomic E-state index is 12.2. The van der Waals surface area contributed by atoms with Crippen LogP contribution in [0.5, 0.6) is 0 Å². The van der Waals surface area contributed by atoms with Crippen LogP contribution in [-0.4, -0.2) is 15.7 Å². The van der Waals surface area contributed by atoms with Crippen LogP contribution >= 0.6 is 11.6 Å². The molecule has 0 aliphatic rings. The molecule has 116 valence electrons. The predicted molar refractivity (Wildman–Crippen MR) is 78.6 cm³/mol. The highest BCUT2D eigenvalue weighted by Crippen LogP contribution is 2.28. The smallest absolute Gasteiger partial charge is 0.327 e. The van der Waals surface area contributed by atoms with Gasteiger partial charge in [0.15, 0.2) is 0 Å². The largest absolute Gasteiger partial charge is 0.389 e. The summed E-state index contributed by atoms with van der Waals surface area (Å²) < 4.78 is 38.5. The predicted octanol–water partition coefficient (Wildman–Crippen LogP) is 5.38. The van der Waals surface area contributed by atoms with E-state index in [1.807, 2.05) is 36.6 Å². The average molecular weight is 319 g/mol. The van der Waals surface area contributed by atoms with Crippen molar-refractivity contribution >= 4 is 22.6 Å². The van der Waals surface area contributed by atoms with E-state index < -0.39 is 12.6 Å². The van der Waals surface area contributed by atoms with Crippen LogP contribution in [0.15, 0.2) is 18.2 Å². The first-order valence-corrected chi connectivity index (χ1v) is 7.40. The van der Waals surface area contributed by atoms with Crippen LogP contribution in [0.4, 0.5) is 13.2 Å². The molecule has 2 nitrogen and oxygen atoms in total. The molecule has 1 unspecified atom stereocenters. The Morgan fingerprint density at radius 1 is 1.29 bits per heavy atom. The molecule has 0 radical (unpaired) electrons. The van der Waals surface area contributed by atoms with E-state index in [9.17, 15) is 13.2 Å². The Labute approximate surface area is 126 Å². The van der Waals surface area contributed by atoms with Gasteiger partial charge >= 0.3 is 6.18 Å². The molecule has 6 heteroatoms. The van der Waals surface area contributed by atoms with Crippen LogP contribution in [0.25, 0.3) is 11.0 Å². The summed E-state index contributed by atoms with van der Waals surface area (Å²) >= 11 is 6.15. The fourth-order valence-corrected chi connectivity index (χ4v) is 2.61. The lowest BCUT2D eigenvalue weighted by atomic mass is 10.2. The maximum atomic E-state index is 12.2. The third-order valence-electron chi connectivity index (χ3n) is 3.46. The minimum atomic E-state index is -4.09. The lowest BCUT2D eigenvalue weighted by molar-refractivity contribution is -0.135. The van der Waals surface area contributed by atoms with Crippen molar-refractivity contribution in [3.63, 3.8) is 0 Å². The van der Waals surface area contributed by atoms with Crippen molar-refractivity contribution in [2.24, 2.45) is 0 Å². The zero-order valence-corrected chi connectivity index (χ0v) is 12.8. The van der Waals surface area contributed by atoms with Gasteiger partial charge < -0.3 is 4.57 Å². The van der Waals surface area contributed by atoms with E-state index in [0.29, 0.717) is 18.8 Å². The van der Waals surface area contributed by atoms with Gasteiger partial charge in [-0.15, -0.1) is 11.6 Å². The second-order valence-electron chi connectivity index (χ2n) is 5.25. The molecule has 0 bridgehead atoms. The van der Waals surface area contributed by atoms with Gasteiger partial charge in [-0.2, -0.15) is 13.2 Å². The number of hydrogen-bond acceptors (Lipinski definition) is 1. The monoisotopic (exact) mass is 318 g/mol. The van der Waals surface area contributed by atoms with Crippen molar-refractivity contribution in [1.82, 2.24) is 9.55 Å². The summed E-state index contributed by atoms with van der Waals surface area (Å²) in [7, 11) is 0. The third kappa shape index (κ3) is 3.90. The third-order valence-corrected chi connectivity index (χ3v) is 3.65. The molecule has 0 spiro atoms. The molecule has 0 saturated heterocycles. The van der Waals surface area contributed by atoms with Gasteiger partial charge in [0.05, 0.1) is 16.4 Å². The van der Waals surface area contributed by atoms with Crippen molar-refractivity contribution < 1.29 is 13.2 Å². The van der Waals surface area contributed by atoms with Crippen molar-refractivity contribution in [2.75, 3.05) is 0 Å². The van der Waals surface area contributed by atoms with E-state index in [4.69, 9.17) is 11.6 Å². The Hall–Kier alpha value is -1.23. The Balaban J connectivity index is 2.21. The molecule has 2 rings (SSSR count). The highest BCUT2D eigenvalue weighted by Gasteiger charge is 2.26. The molecule has 0 aliphatic heterocycles. The molecule has 0 fully saturated rings. The zero-order valence-electron chi connectivity index (χ0n) is 12.0. The van der Waals surface area contributed by atoms with Crippen LogP contribution in [0, 0.1) is 6.92 Å². The highest BCUT2D eigenvalue weighted by molar-refractivity contribution is 6.20. The van der Waals surface area contributed by atoms with Gasteiger partial charge in [-0.05, 0) is 38.3 Å². The number of unbranched alkanes of at least 4 members (excludes halogenated alkanes) is 1. The summed E-state index contributed by atoms with van der Waals surface area (Å²) in [6, 6.07) is 5.82. The van der Waals surface area contributed by atoms with Gasteiger partial charge in [0, 0.05) is 13.0 Å². The second-order valence-corrected chi connectivity index (χ2v) is 5.91. The number of alkyl halides is 4. The Morgan fingerprint density at radius 2 is 2.00 bits per heavy atom. The van der Waals surface area contributed by atoms with Gasteiger partial charge in [0.2, 0.25) is 0 Å². The number of aryl methyl sites for hydroxylation is 2. The number of fused-ring (bicyclic) bond motifs is 1. The number of nitrogens with zero attached hydrogens (tertiary/aromatic N) is 2. The van der Waals surface area contributed by atoms with E-state index in [1.165, 1.54) is 0 Å². The standard InChI is InChI=1S/C15H18ClF3N2/c1-10-6-5-7-12-13(10)20-14(11(2)16)21(12)9-4-3-8-15(17,18)19/h5-7,11H,3-4,8-9H2,1-2H3. The Bertz CT molecular complexity index is 617. The van der Waals surface area contributed by atoms with Crippen LogP contribution in [0.3, 0.4) is 0 Å². The lowest BCUT2D eigenvalue weighted by Crippen LogP contribution is -2.09. The molecule has 21 heavy (non-hydrogen) atoms. The fraction of sp³-hybridized carbons (Fsp3) is 0.533. The van der Waals surface area contributed by atoms with Crippen molar-refractivity contribution in [2.45, 2.75) is 51.2 Å². The summed E-state index contributed by atoms with van der Waals surface area (Å²) in [5.41, 5.74) is 2.85. The molecule has 0 N–H and O–H groups in total. The van der Waals surface area contributed by atoms with Gasteiger partial charge in [0.1, 0.15) is 5.82 Å². The number of halogens is 4. The minimum Gasteiger partial charge on any atom is -0.327 e. The molecule has 0 saturated carbocycles. The number of aromatic nitrogens is 2. The summed E-state index contributed by atoms with van der Waals surface area (Å²) in [5.74, 6) is 0.716. The van der Waals surface area contributed by atoms with Crippen LogP contribution in [-0.2, 0) is 6.54 Å². The zero-order chi connectivity index (χ0) is 15.6. The van der Waals surface area contributed by atoms with Gasteiger partial charge in [-0.25, -0.2) is 4.98 Å². The highest BCUT2D eigenvalue weighted by atomic mass is 35.5. The summed E-state index contributed by atoms with van der Waals surface area (Å²) in [6.07, 6.45) is -4.26. The molecule has 2 aromatic rings. The first-order chi connectivity index (χ1) is 9.79. The van der Waals surface area contributed by atoms with Gasteiger partial charge in [-0.3, -0.25) is 0 Å². The first kappa shape index (κ1) is 16.1. The normalized spacial score (nSPS) is 13.8. The topological polar surface area (TPSA) is 17.8 Å². The minimum absolute atomic E-state index is 0.116. The summed E-state index contributed by atoms with van der Waals surface area (Å²) in [4.78, 5) is 4.55. The molecule has 1 heterocycles. The number of para-hydroxylation sites is 1. The van der Waals surface area contributed by atoms with Gasteiger partial charge in [0.25, 0.3) is 0 Å². The van der Waals surface area contributed by atoms with Gasteiger partial charge in [-0.1, -0.05) is 12.1 Å². The average Bonchev–Trinajstić information content (AvgIpc) is 2.74. The first-order valence-electron chi connectivity index (χ1n) is 6.96. The molecular formula is C15H18ClF3N2. The molecule has 0 aliphatic carbocycles.